The second-order valence-electron chi connectivity index (χ2n) is 5.47. The molecule has 1 aliphatic rings. The Morgan fingerprint density at radius 3 is 2.48 bits per heavy atom. The van der Waals surface area contributed by atoms with Gasteiger partial charge in [-0.15, -0.1) is 0 Å². The van der Waals surface area contributed by atoms with E-state index in [1.807, 2.05) is 24.3 Å². The van der Waals surface area contributed by atoms with Gasteiger partial charge in [0, 0.05) is 29.7 Å². The molecule has 126 valence electrons. The van der Waals surface area contributed by atoms with Gasteiger partial charge in [-0.25, -0.2) is 12.7 Å². The maximum absolute atomic E-state index is 11.9. The van der Waals surface area contributed by atoms with Gasteiger partial charge < -0.3 is 5.32 Å². The minimum Gasteiger partial charge on any atom is -0.350 e. The summed E-state index contributed by atoms with van der Waals surface area (Å²) in [7, 11) is -3.12. The molecule has 0 spiro atoms. The number of benzene rings is 1. The van der Waals surface area contributed by atoms with Gasteiger partial charge in [-0.05, 0) is 43.5 Å². The lowest BCUT2D eigenvalue weighted by atomic mass is 10.1. The summed E-state index contributed by atoms with van der Waals surface area (Å²) in [6.07, 6.45) is 4.57. The van der Waals surface area contributed by atoms with Crippen molar-refractivity contribution >= 4 is 37.9 Å². The Morgan fingerprint density at radius 2 is 1.91 bits per heavy atom. The fraction of sp³-hybridized carbons (Fsp3) is 0.438. The highest BCUT2D eigenvalue weighted by Gasteiger charge is 2.26. The Bertz CT molecular complexity index is 663. The van der Waals surface area contributed by atoms with Crippen molar-refractivity contribution in [1.82, 2.24) is 9.62 Å². The topological polar surface area (TPSA) is 66.5 Å². The Kier molecular flexibility index (Phi) is 6.38. The molecular weight excluding hydrogens is 380 g/mol. The van der Waals surface area contributed by atoms with E-state index in [4.69, 9.17) is 0 Å². The van der Waals surface area contributed by atoms with Crippen molar-refractivity contribution in [2.75, 3.05) is 18.8 Å². The zero-order valence-electron chi connectivity index (χ0n) is 13.0. The molecule has 1 fully saturated rings. The minimum absolute atomic E-state index is 0.0281. The van der Waals surface area contributed by atoms with E-state index in [-0.39, 0.29) is 17.7 Å². The first-order chi connectivity index (χ1) is 10.9. The molecule has 0 atom stereocenters. The molecule has 2 rings (SSSR count). The Hall–Kier alpha value is -1.18. The van der Waals surface area contributed by atoms with Gasteiger partial charge in [0.05, 0.1) is 5.75 Å². The monoisotopic (exact) mass is 400 g/mol. The van der Waals surface area contributed by atoms with Gasteiger partial charge in [-0.3, -0.25) is 4.79 Å². The average Bonchev–Trinajstić information content (AvgIpc) is 2.55. The third-order valence-corrected chi connectivity index (χ3v) is 6.27. The number of rotatable bonds is 5. The summed E-state index contributed by atoms with van der Waals surface area (Å²) in [4.78, 5) is 11.9. The molecule has 1 saturated heterocycles. The lowest BCUT2D eigenvalue weighted by Crippen LogP contribution is -2.46. The van der Waals surface area contributed by atoms with Gasteiger partial charge in [0.1, 0.15) is 0 Å². The van der Waals surface area contributed by atoms with Gasteiger partial charge in [-0.1, -0.05) is 28.1 Å². The predicted octanol–water partition coefficient (Wildman–Crippen LogP) is 2.39. The molecule has 1 N–H and O–H groups in total. The lowest BCUT2D eigenvalue weighted by Gasteiger charge is -2.31. The standard InChI is InChI=1S/C16H21BrN2O3S/c1-2-23(21,22)19-11-9-15(10-12-19)18-16(20)8-5-13-3-6-14(17)7-4-13/h3-8,15H,2,9-12H2,1H3,(H,18,20). The molecule has 0 aliphatic carbocycles. The van der Waals surface area contributed by atoms with Crippen LogP contribution in [0.25, 0.3) is 6.08 Å². The van der Waals surface area contributed by atoms with Gasteiger partial charge in [0.25, 0.3) is 0 Å². The van der Waals surface area contributed by atoms with Crippen molar-refractivity contribution < 1.29 is 13.2 Å². The number of piperidine rings is 1. The summed E-state index contributed by atoms with van der Waals surface area (Å²) in [5.74, 6) is -0.0235. The largest absolute Gasteiger partial charge is 0.350 e. The van der Waals surface area contributed by atoms with Crippen LogP contribution in [0, 0.1) is 0 Å². The summed E-state index contributed by atoms with van der Waals surface area (Å²) < 4.78 is 26.1. The van der Waals surface area contributed by atoms with Crippen LogP contribution in [0.1, 0.15) is 25.3 Å². The number of carbonyl (C=O) groups excluding carboxylic acids is 1. The third kappa shape index (κ3) is 5.44. The molecule has 5 nitrogen and oxygen atoms in total. The minimum atomic E-state index is -3.12. The van der Waals surface area contributed by atoms with E-state index in [0.29, 0.717) is 25.9 Å². The first-order valence-electron chi connectivity index (χ1n) is 7.62. The molecule has 1 aromatic carbocycles. The molecule has 0 bridgehead atoms. The fourth-order valence-electron chi connectivity index (χ4n) is 2.46. The van der Waals surface area contributed by atoms with Crippen molar-refractivity contribution in [3.05, 3.63) is 40.4 Å². The van der Waals surface area contributed by atoms with Crippen LogP contribution in [-0.4, -0.2) is 43.5 Å². The molecule has 0 aromatic heterocycles. The van der Waals surface area contributed by atoms with Crippen LogP contribution in [0.15, 0.2) is 34.8 Å². The molecule has 1 aliphatic heterocycles. The van der Waals surface area contributed by atoms with E-state index in [2.05, 4.69) is 21.2 Å². The number of carbonyl (C=O) groups is 1. The van der Waals surface area contributed by atoms with Crippen LogP contribution in [0.5, 0.6) is 0 Å². The highest BCUT2D eigenvalue weighted by atomic mass is 79.9. The number of hydrogen-bond acceptors (Lipinski definition) is 3. The Balaban J connectivity index is 1.82. The number of nitrogens with zero attached hydrogens (tertiary/aromatic N) is 1. The summed E-state index contributed by atoms with van der Waals surface area (Å²) in [5.41, 5.74) is 0.951. The number of nitrogens with one attached hydrogen (secondary N) is 1. The average molecular weight is 401 g/mol. The van der Waals surface area contributed by atoms with Crippen molar-refractivity contribution in [1.29, 1.82) is 0 Å². The van der Waals surface area contributed by atoms with E-state index in [9.17, 15) is 13.2 Å². The Morgan fingerprint density at radius 1 is 1.30 bits per heavy atom. The molecule has 7 heteroatoms. The van der Waals surface area contributed by atoms with Gasteiger partial charge in [-0.2, -0.15) is 0 Å². The van der Waals surface area contributed by atoms with E-state index < -0.39 is 10.0 Å². The summed E-state index contributed by atoms with van der Waals surface area (Å²) in [6, 6.07) is 7.70. The molecule has 1 heterocycles. The van der Waals surface area contributed by atoms with Crippen molar-refractivity contribution in [2.45, 2.75) is 25.8 Å². The molecule has 1 aromatic rings. The lowest BCUT2D eigenvalue weighted by molar-refractivity contribution is -0.117. The smallest absolute Gasteiger partial charge is 0.244 e. The maximum atomic E-state index is 11.9. The van der Waals surface area contributed by atoms with Crippen LogP contribution >= 0.6 is 15.9 Å². The molecular formula is C16H21BrN2O3S. The summed E-state index contributed by atoms with van der Waals surface area (Å²) >= 11 is 3.36. The molecule has 0 unspecified atom stereocenters. The summed E-state index contributed by atoms with van der Waals surface area (Å²) in [6.45, 7) is 2.59. The van der Waals surface area contributed by atoms with Crippen molar-refractivity contribution in [2.24, 2.45) is 0 Å². The Labute approximate surface area is 145 Å². The van der Waals surface area contributed by atoms with Gasteiger partial charge in [0.2, 0.25) is 15.9 Å². The first-order valence-corrected chi connectivity index (χ1v) is 10.0. The van der Waals surface area contributed by atoms with Crippen molar-refractivity contribution in [3.63, 3.8) is 0 Å². The zero-order chi connectivity index (χ0) is 16.9. The number of halogens is 1. The quantitative estimate of drug-likeness (QED) is 0.771. The van der Waals surface area contributed by atoms with Crippen LogP contribution in [0.2, 0.25) is 0 Å². The van der Waals surface area contributed by atoms with E-state index >= 15 is 0 Å². The third-order valence-electron chi connectivity index (χ3n) is 3.86. The van der Waals surface area contributed by atoms with E-state index in [1.54, 1.807) is 13.0 Å². The van der Waals surface area contributed by atoms with E-state index in [0.717, 1.165) is 10.0 Å². The second-order valence-corrected chi connectivity index (χ2v) is 8.64. The number of hydrogen-bond donors (Lipinski definition) is 1. The molecule has 0 radical (unpaired) electrons. The van der Waals surface area contributed by atoms with Crippen LogP contribution in [0.4, 0.5) is 0 Å². The molecule has 0 saturated carbocycles. The predicted molar refractivity (Wildman–Crippen MR) is 95.4 cm³/mol. The summed E-state index contributed by atoms with van der Waals surface area (Å²) in [5, 5.41) is 2.93. The second kappa shape index (κ2) is 8.08. The maximum Gasteiger partial charge on any atom is 0.244 e. The van der Waals surface area contributed by atoms with Crippen molar-refractivity contribution in [3.8, 4) is 0 Å². The fourth-order valence-corrected chi connectivity index (χ4v) is 3.85. The molecule has 1 amide bonds. The number of sulfonamides is 1. The highest BCUT2D eigenvalue weighted by Crippen LogP contribution is 2.15. The van der Waals surface area contributed by atoms with E-state index in [1.165, 1.54) is 10.4 Å². The normalized spacial score (nSPS) is 17.5. The number of amides is 1. The first kappa shape index (κ1) is 18.2. The van der Waals surface area contributed by atoms with Crippen LogP contribution < -0.4 is 5.32 Å². The van der Waals surface area contributed by atoms with Crippen LogP contribution in [0.3, 0.4) is 0 Å². The highest BCUT2D eigenvalue weighted by molar-refractivity contribution is 9.10. The molecule has 23 heavy (non-hydrogen) atoms. The van der Waals surface area contributed by atoms with Gasteiger partial charge >= 0.3 is 0 Å². The SMILES string of the molecule is CCS(=O)(=O)N1CCC(NC(=O)C=Cc2ccc(Br)cc2)CC1. The van der Waals surface area contributed by atoms with Gasteiger partial charge in [0.15, 0.2) is 0 Å². The van der Waals surface area contributed by atoms with Crippen LogP contribution in [-0.2, 0) is 14.8 Å². The zero-order valence-corrected chi connectivity index (χ0v) is 15.4.